The predicted molar refractivity (Wildman–Crippen MR) is 77.7 cm³/mol. The summed E-state index contributed by atoms with van der Waals surface area (Å²) in [6.45, 7) is 1.67. The maximum absolute atomic E-state index is 13.1. The Morgan fingerprint density at radius 2 is 1.76 bits per heavy atom. The molecule has 2 atom stereocenters. The fourth-order valence-corrected chi connectivity index (χ4v) is 2.93. The van der Waals surface area contributed by atoms with Gasteiger partial charge in [0.25, 0.3) is 0 Å². The van der Waals surface area contributed by atoms with Gasteiger partial charge in [-0.05, 0) is 24.0 Å². The molecule has 2 heterocycles. The Labute approximate surface area is 140 Å². The second-order valence-electron chi connectivity index (χ2n) is 5.99. The van der Waals surface area contributed by atoms with Crippen LogP contribution in [-0.2, 0) is 12.6 Å². The van der Waals surface area contributed by atoms with Crippen LogP contribution in [-0.4, -0.2) is 20.3 Å². The monoisotopic (exact) mass is 350 g/mol. The second-order valence-corrected chi connectivity index (χ2v) is 5.99. The highest BCUT2D eigenvalue weighted by Gasteiger charge is 2.47. The summed E-state index contributed by atoms with van der Waals surface area (Å²) < 4.78 is 49.5. The number of alkyl halides is 3. The van der Waals surface area contributed by atoms with Crippen LogP contribution in [0.2, 0.25) is 0 Å². The van der Waals surface area contributed by atoms with Gasteiger partial charge >= 0.3 is 6.18 Å². The molecule has 0 unspecified atom stereocenters. The van der Waals surface area contributed by atoms with Gasteiger partial charge < -0.3 is 9.05 Å². The van der Waals surface area contributed by atoms with E-state index < -0.39 is 11.7 Å². The summed E-state index contributed by atoms with van der Waals surface area (Å²) in [4.78, 5) is 8.32. The van der Waals surface area contributed by atoms with E-state index in [1.807, 2.05) is 0 Å². The minimum absolute atomic E-state index is 0.197. The van der Waals surface area contributed by atoms with Crippen molar-refractivity contribution in [3.63, 3.8) is 0 Å². The average Bonchev–Trinajstić information content (AvgIpc) is 3.05. The first-order valence-electron chi connectivity index (χ1n) is 7.69. The first-order chi connectivity index (χ1) is 11.9. The molecule has 0 bridgehead atoms. The van der Waals surface area contributed by atoms with Crippen molar-refractivity contribution in [1.29, 1.82) is 0 Å². The summed E-state index contributed by atoms with van der Waals surface area (Å²) in [6, 6.07) is 5.61. The highest BCUT2D eigenvalue weighted by Crippen LogP contribution is 2.56. The fraction of sp³-hybridized carbons (Fsp3) is 0.375. The number of aromatic nitrogens is 4. The smallest absolute Gasteiger partial charge is 0.340 e. The zero-order valence-electron chi connectivity index (χ0n) is 13.1. The molecule has 0 saturated heterocycles. The van der Waals surface area contributed by atoms with Crippen LogP contribution in [0.25, 0.3) is 0 Å². The third-order valence-electron chi connectivity index (χ3n) is 4.14. The molecule has 1 saturated carbocycles. The lowest BCUT2D eigenvalue weighted by atomic mass is 10.0. The summed E-state index contributed by atoms with van der Waals surface area (Å²) >= 11 is 0. The van der Waals surface area contributed by atoms with Gasteiger partial charge in [-0.2, -0.15) is 23.1 Å². The van der Waals surface area contributed by atoms with Crippen molar-refractivity contribution in [2.45, 2.75) is 37.8 Å². The minimum Gasteiger partial charge on any atom is -0.340 e. The van der Waals surface area contributed by atoms with Gasteiger partial charge in [0.05, 0.1) is 12.0 Å². The molecule has 6 nitrogen and oxygen atoms in total. The Bertz CT molecular complexity index is 903. The second kappa shape index (κ2) is 5.68. The van der Waals surface area contributed by atoms with E-state index in [1.54, 1.807) is 13.0 Å². The van der Waals surface area contributed by atoms with Gasteiger partial charge in [-0.1, -0.05) is 28.5 Å². The molecule has 0 spiro atoms. The lowest BCUT2D eigenvalue weighted by Gasteiger charge is -2.11. The highest BCUT2D eigenvalue weighted by atomic mass is 19.4. The molecule has 1 aromatic carbocycles. The van der Waals surface area contributed by atoms with E-state index in [4.69, 9.17) is 9.05 Å². The lowest BCUT2D eigenvalue weighted by Crippen LogP contribution is -2.08. The van der Waals surface area contributed by atoms with E-state index in [-0.39, 0.29) is 23.8 Å². The number of halogens is 3. The molecule has 0 amide bonds. The third kappa shape index (κ3) is 3.13. The van der Waals surface area contributed by atoms with E-state index in [9.17, 15) is 13.2 Å². The Morgan fingerprint density at radius 3 is 2.48 bits per heavy atom. The van der Waals surface area contributed by atoms with E-state index in [0.29, 0.717) is 29.9 Å². The predicted octanol–water partition coefficient (Wildman–Crippen LogP) is 3.64. The maximum atomic E-state index is 13.1. The van der Waals surface area contributed by atoms with Crippen molar-refractivity contribution in [2.75, 3.05) is 0 Å². The van der Waals surface area contributed by atoms with Gasteiger partial charge in [-0.3, -0.25) is 0 Å². The van der Waals surface area contributed by atoms with Crippen LogP contribution in [0.4, 0.5) is 13.2 Å². The van der Waals surface area contributed by atoms with E-state index >= 15 is 0 Å². The topological polar surface area (TPSA) is 77.8 Å². The number of benzene rings is 1. The maximum Gasteiger partial charge on any atom is 0.416 e. The molecule has 4 rings (SSSR count). The lowest BCUT2D eigenvalue weighted by molar-refractivity contribution is -0.138. The summed E-state index contributed by atoms with van der Waals surface area (Å²) in [5.74, 6) is 1.13. The van der Waals surface area contributed by atoms with Gasteiger partial charge in [0, 0.05) is 12.8 Å². The summed E-state index contributed by atoms with van der Waals surface area (Å²) in [7, 11) is 0. The number of rotatable bonds is 4. The van der Waals surface area contributed by atoms with Crippen molar-refractivity contribution >= 4 is 0 Å². The molecule has 25 heavy (non-hydrogen) atoms. The first kappa shape index (κ1) is 15.8. The molecule has 1 aliphatic carbocycles. The normalized spacial score (nSPS) is 20.0. The molecule has 9 heteroatoms. The van der Waals surface area contributed by atoms with E-state index in [1.165, 1.54) is 12.1 Å². The zero-order valence-corrected chi connectivity index (χ0v) is 13.1. The molecule has 3 aromatic rings. The summed E-state index contributed by atoms with van der Waals surface area (Å²) in [5.41, 5.74) is -0.335. The molecule has 130 valence electrons. The first-order valence-corrected chi connectivity index (χ1v) is 7.69. The van der Waals surface area contributed by atoms with Gasteiger partial charge in [0.15, 0.2) is 11.6 Å². The SMILES string of the molecule is Cc1nc(Cc2noc([C@H]3C[C@@H]3c3ccccc3C(F)(F)F)n2)no1. The fourth-order valence-electron chi connectivity index (χ4n) is 2.93. The van der Waals surface area contributed by atoms with Crippen LogP contribution in [0, 0.1) is 6.92 Å². The number of aryl methyl sites for hydroxylation is 1. The highest BCUT2D eigenvalue weighted by molar-refractivity contribution is 5.39. The Morgan fingerprint density at radius 1 is 1.04 bits per heavy atom. The van der Waals surface area contributed by atoms with Crippen LogP contribution in [0.1, 0.15) is 52.8 Å². The van der Waals surface area contributed by atoms with Gasteiger partial charge in [0.2, 0.25) is 11.8 Å². The van der Waals surface area contributed by atoms with Crippen molar-refractivity contribution in [1.82, 2.24) is 20.3 Å². The Kier molecular flexibility index (Phi) is 3.59. The van der Waals surface area contributed by atoms with Crippen LogP contribution in [0.3, 0.4) is 0 Å². The zero-order chi connectivity index (χ0) is 17.6. The standard InChI is InChI=1S/C16H13F3N4O2/c1-8-20-13(22-24-8)7-14-21-15(25-23-14)11-6-10(11)9-4-2-3-5-12(9)16(17,18)19/h2-5,10-11H,6-7H2,1H3/t10-,11+/m1/s1. The third-order valence-corrected chi connectivity index (χ3v) is 4.14. The van der Waals surface area contributed by atoms with Gasteiger partial charge in [-0.15, -0.1) is 0 Å². The molecule has 1 fully saturated rings. The quantitative estimate of drug-likeness (QED) is 0.715. The van der Waals surface area contributed by atoms with Crippen LogP contribution < -0.4 is 0 Å². The van der Waals surface area contributed by atoms with Crippen molar-refractivity contribution < 1.29 is 22.2 Å². The number of hydrogen-bond acceptors (Lipinski definition) is 6. The number of hydrogen-bond donors (Lipinski definition) is 0. The number of nitrogens with zero attached hydrogens (tertiary/aromatic N) is 4. The average molecular weight is 350 g/mol. The largest absolute Gasteiger partial charge is 0.416 e. The molecular weight excluding hydrogens is 337 g/mol. The molecule has 1 aliphatic rings. The van der Waals surface area contributed by atoms with Crippen LogP contribution >= 0.6 is 0 Å². The van der Waals surface area contributed by atoms with E-state index in [0.717, 1.165) is 6.07 Å². The Hall–Kier alpha value is -2.71. The molecule has 0 radical (unpaired) electrons. The molecule has 0 aliphatic heterocycles. The van der Waals surface area contributed by atoms with Gasteiger partial charge in [-0.25, -0.2) is 0 Å². The molecular formula is C16H13F3N4O2. The molecule has 0 N–H and O–H groups in total. The van der Waals surface area contributed by atoms with Crippen LogP contribution in [0.15, 0.2) is 33.3 Å². The summed E-state index contributed by atoms with van der Waals surface area (Å²) in [6.07, 6.45) is -3.58. The molecule has 2 aromatic heterocycles. The Balaban J connectivity index is 1.51. The summed E-state index contributed by atoms with van der Waals surface area (Å²) in [5, 5.41) is 7.60. The van der Waals surface area contributed by atoms with Gasteiger partial charge in [0.1, 0.15) is 0 Å². The van der Waals surface area contributed by atoms with Crippen molar-refractivity contribution in [3.05, 3.63) is 58.8 Å². The van der Waals surface area contributed by atoms with E-state index in [2.05, 4.69) is 20.3 Å². The van der Waals surface area contributed by atoms with Crippen LogP contribution in [0.5, 0.6) is 0 Å². The van der Waals surface area contributed by atoms with Crippen molar-refractivity contribution in [2.24, 2.45) is 0 Å². The van der Waals surface area contributed by atoms with Crippen molar-refractivity contribution in [3.8, 4) is 0 Å². The minimum atomic E-state index is -4.37.